The maximum absolute atomic E-state index is 13.6. The molecule has 1 aliphatic carbocycles. The van der Waals surface area contributed by atoms with Gasteiger partial charge in [-0.25, -0.2) is 0 Å². The third-order valence-corrected chi connectivity index (χ3v) is 6.41. The molecule has 5 rings (SSSR count). The lowest BCUT2D eigenvalue weighted by atomic mass is 9.78. The summed E-state index contributed by atoms with van der Waals surface area (Å²) >= 11 is 6.25. The molecule has 5 nitrogen and oxygen atoms in total. The fourth-order valence-corrected chi connectivity index (χ4v) is 4.79. The lowest BCUT2D eigenvalue weighted by Crippen LogP contribution is -2.27. The molecule has 3 N–H and O–H groups in total. The SMILES string of the molecule is COc1cccc(C2CC(=O)C3=C(C2)Nc2ccccc2NC3c2cc(Cl)ccc2O)c1. The molecule has 3 aromatic rings. The molecule has 0 aromatic heterocycles. The number of phenolic OH excluding ortho intramolecular Hbond substituents is 1. The van der Waals surface area contributed by atoms with E-state index in [2.05, 4.69) is 10.6 Å². The van der Waals surface area contributed by atoms with E-state index in [9.17, 15) is 9.90 Å². The van der Waals surface area contributed by atoms with Crippen LogP contribution in [0, 0.1) is 0 Å². The molecular formula is C26H23ClN2O3. The van der Waals surface area contributed by atoms with Gasteiger partial charge in [0.15, 0.2) is 5.78 Å². The van der Waals surface area contributed by atoms with E-state index in [1.807, 2.05) is 48.5 Å². The van der Waals surface area contributed by atoms with Crippen LogP contribution in [-0.4, -0.2) is 18.0 Å². The molecule has 2 atom stereocenters. The van der Waals surface area contributed by atoms with Crippen molar-refractivity contribution in [2.75, 3.05) is 17.7 Å². The van der Waals surface area contributed by atoms with E-state index in [4.69, 9.17) is 16.3 Å². The Morgan fingerprint density at radius 3 is 2.62 bits per heavy atom. The van der Waals surface area contributed by atoms with Gasteiger partial charge in [0.2, 0.25) is 0 Å². The number of rotatable bonds is 3. The van der Waals surface area contributed by atoms with Gasteiger partial charge in [0, 0.05) is 28.3 Å². The van der Waals surface area contributed by atoms with Gasteiger partial charge in [0.25, 0.3) is 0 Å². The Morgan fingerprint density at radius 2 is 1.81 bits per heavy atom. The number of para-hydroxylation sites is 2. The van der Waals surface area contributed by atoms with E-state index >= 15 is 0 Å². The maximum atomic E-state index is 13.6. The number of halogens is 1. The van der Waals surface area contributed by atoms with Crippen molar-refractivity contribution >= 4 is 28.8 Å². The molecule has 0 amide bonds. The highest BCUT2D eigenvalue weighted by atomic mass is 35.5. The van der Waals surface area contributed by atoms with Crippen molar-refractivity contribution in [2.24, 2.45) is 0 Å². The molecule has 6 heteroatoms. The summed E-state index contributed by atoms with van der Waals surface area (Å²) in [5, 5.41) is 18.1. The largest absolute Gasteiger partial charge is 0.508 e. The Hall–Kier alpha value is -3.44. The van der Waals surface area contributed by atoms with Gasteiger partial charge in [-0.3, -0.25) is 4.79 Å². The van der Waals surface area contributed by atoms with Crippen LogP contribution in [-0.2, 0) is 4.79 Å². The fourth-order valence-electron chi connectivity index (χ4n) is 4.61. The van der Waals surface area contributed by atoms with Crippen LogP contribution in [0.25, 0.3) is 0 Å². The Kier molecular flexibility index (Phi) is 5.27. The van der Waals surface area contributed by atoms with Gasteiger partial charge in [-0.2, -0.15) is 0 Å². The van der Waals surface area contributed by atoms with Crippen LogP contribution in [0.15, 0.2) is 78.0 Å². The highest BCUT2D eigenvalue weighted by Gasteiger charge is 2.37. The first-order valence-corrected chi connectivity index (χ1v) is 10.9. The number of ketones is 1. The smallest absolute Gasteiger partial charge is 0.163 e. The van der Waals surface area contributed by atoms with Crippen LogP contribution in [0.3, 0.4) is 0 Å². The van der Waals surface area contributed by atoms with Crippen molar-refractivity contribution in [3.05, 3.63) is 94.1 Å². The summed E-state index contributed by atoms with van der Waals surface area (Å²) in [6, 6.07) is 20.1. The normalized spacial score (nSPS) is 19.9. The Balaban J connectivity index is 1.62. The first-order chi connectivity index (χ1) is 15.5. The molecule has 0 radical (unpaired) electrons. The molecule has 3 aromatic carbocycles. The zero-order chi connectivity index (χ0) is 22.2. The van der Waals surface area contributed by atoms with Crippen molar-refractivity contribution in [2.45, 2.75) is 24.8 Å². The van der Waals surface area contributed by atoms with Crippen LogP contribution >= 0.6 is 11.6 Å². The van der Waals surface area contributed by atoms with E-state index in [1.54, 1.807) is 25.3 Å². The van der Waals surface area contributed by atoms with Crippen LogP contribution < -0.4 is 15.4 Å². The van der Waals surface area contributed by atoms with Crippen molar-refractivity contribution in [1.29, 1.82) is 0 Å². The number of carbonyl (C=O) groups excluding carboxylic acids is 1. The monoisotopic (exact) mass is 446 g/mol. The molecule has 2 aliphatic rings. The molecule has 0 bridgehead atoms. The summed E-state index contributed by atoms with van der Waals surface area (Å²) in [7, 11) is 1.64. The number of allylic oxidation sites excluding steroid dienone is 1. The Morgan fingerprint density at radius 1 is 1.00 bits per heavy atom. The van der Waals surface area contributed by atoms with Gasteiger partial charge in [0.05, 0.1) is 24.5 Å². The minimum Gasteiger partial charge on any atom is -0.508 e. The maximum Gasteiger partial charge on any atom is 0.163 e. The van der Waals surface area contributed by atoms with Crippen molar-refractivity contribution in [3.8, 4) is 11.5 Å². The molecule has 1 heterocycles. The van der Waals surface area contributed by atoms with Crippen LogP contribution in [0.2, 0.25) is 5.02 Å². The molecule has 0 saturated carbocycles. The molecule has 0 spiro atoms. The van der Waals surface area contributed by atoms with Gasteiger partial charge < -0.3 is 20.5 Å². The molecule has 162 valence electrons. The zero-order valence-electron chi connectivity index (χ0n) is 17.6. The summed E-state index contributed by atoms with van der Waals surface area (Å²) in [6.45, 7) is 0. The number of benzene rings is 3. The number of ether oxygens (including phenoxy) is 1. The summed E-state index contributed by atoms with van der Waals surface area (Å²) in [6.07, 6.45) is 1.05. The lowest BCUT2D eigenvalue weighted by Gasteiger charge is -2.30. The number of carbonyl (C=O) groups is 1. The average Bonchev–Trinajstić information content (AvgIpc) is 2.97. The van der Waals surface area contributed by atoms with Crippen molar-refractivity contribution in [1.82, 2.24) is 0 Å². The number of hydrogen-bond acceptors (Lipinski definition) is 5. The van der Waals surface area contributed by atoms with E-state index in [0.29, 0.717) is 29.0 Å². The van der Waals surface area contributed by atoms with Gasteiger partial charge >= 0.3 is 0 Å². The molecule has 32 heavy (non-hydrogen) atoms. The third kappa shape index (κ3) is 3.69. The molecule has 0 fully saturated rings. The minimum absolute atomic E-state index is 0.0303. The minimum atomic E-state index is -0.515. The predicted molar refractivity (Wildman–Crippen MR) is 127 cm³/mol. The highest BCUT2D eigenvalue weighted by molar-refractivity contribution is 6.30. The van der Waals surface area contributed by atoms with Crippen LogP contribution in [0.5, 0.6) is 11.5 Å². The van der Waals surface area contributed by atoms with Gasteiger partial charge in [0.1, 0.15) is 11.5 Å². The second kappa shape index (κ2) is 8.24. The Bertz CT molecular complexity index is 1240. The lowest BCUT2D eigenvalue weighted by molar-refractivity contribution is -0.116. The number of hydrogen-bond donors (Lipinski definition) is 3. The number of Topliss-reactive ketones (excluding diaryl/α,β-unsaturated/α-hetero) is 1. The molecule has 0 saturated heterocycles. The van der Waals surface area contributed by atoms with E-state index in [-0.39, 0.29) is 17.5 Å². The predicted octanol–water partition coefficient (Wildman–Crippen LogP) is 6.03. The van der Waals surface area contributed by atoms with Crippen LogP contribution in [0.4, 0.5) is 11.4 Å². The van der Waals surface area contributed by atoms with E-state index in [0.717, 1.165) is 28.4 Å². The first kappa shape index (κ1) is 20.5. The topological polar surface area (TPSA) is 70.6 Å². The first-order valence-electron chi connectivity index (χ1n) is 10.5. The van der Waals surface area contributed by atoms with Gasteiger partial charge in [-0.05, 0) is 60.4 Å². The fraction of sp³-hybridized carbons (Fsp3) is 0.192. The Labute approximate surface area is 191 Å². The zero-order valence-corrected chi connectivity index (χ0v) is 18.3. The quantitative estimate of drug-likeness (QED) is 0.458. The van der Waals surface area contributed by atoms with Crippen LogP contribution in [0.1, 0.15) is 35.9 Å². The average molecular weight is 447 g/mol. The number of fused-ring (bicyclic) bond motifs is 1. The number of anilines is 2. The van der Waals surface area contributed by atoms with Gasteiger partial charge in [-0.15, -0.1) is 0 Å². The number of nitrogens with one attached hydrogen (secondary N) is 2. The number of phenols is 1. The summed E-state index contributed by atoms with van der Waals surface area (Å²) in [5.41, 5.74) is 4.89. The molecule has 2 unspecified atom stereocenters. The second-order valence-electron chi connectivity index (χ2n) is 8.15. The standard InChI is InChI=1S/C26H23ClN2O3/c1-32-18-6-4-5-15(11-18)16-12-22-25(24(31)13-16)26(19-14-17(27)9-10-23(19)30)29-21-8-3-2-7-20(21)28-22/h2-11,14,16,26,28-30H,12-13H2,1H3. The highest BCUT2D eigenvalue weighted by Crippen LogP contribution is 2.46. The summed E-state index contributed by atoms with van der Waals surface area (Å²) in [4.78, 5) is 13.6. The number of methoxy groups -OCH3 is 1. The van der Waals surface area contributed by atoms with E-state index in [1.165, 1.54) is 0 Å². The van der Waals surface area contributed by atoms with Gasteiger partial charge in [-0.1, -0.05) is 35.9 Å². The summed E-state index contributed by atoms with van der Waals surface area (Å²) < 4.78 is 5.38. The third-order valence-electron chi connectivity index (χ3n) is 6.17. The van der Waals surface area contributed by atoms with Crippen molar-refractivity contribution < 1.29 is 14.6 Å². The summed E-state index contributed by atoms with van der Waals surface area (Å²) in [5.74, 6) is 0.942. The molecular weight excluding hydrogens is 424 g/mol. The molecule has 1 aliphatic heterocycles. The van der Waals surface area contributed by atoms with E-state index < -0.39 is 6.04 Å². The number of aromatic hydroxyl groups is 1. The van der Waals surface area contributed by atoms with Crippen molar-refractivity contribution in [3.63, 3.8) is 0 Å². The second-order valence-corrected chi connectivity index (χ2v) is 8.58.